The van der Waals surface area contributed by atoms with E-state index in [-0.39, 0.29) is 18.9 Å². The zero-order chi connectivity index (χ0) is 15.9. The number of halogens is 1. The standard InChI is InChI=1S/C16H15ClN2O3/c1-22-16(21)12-6-7-18-13(8-12)10-19-15(20)9-11-4-2-3-5-14(11)17/h2-8H,9-10H2,1H3,(H,19,20). The van der Waals surface area contributed by atoms with Crippen LogP contribution >= 0.6 is 11.6 Å². The van der Waals surface area contributed by atoms with Crippen LogP contribution in [0.3, 0.4) is 0 Å². The maximum absolute atomic E-state index is 11.9. The first-order valence-corrected chi connectivity index (χ1v) is 7.01. The maximum Gasteiger partial charge on any atom is 0.337 e. The molecule has 1 aromatic heterocycles. The fraction of sp³-hybridized carbons (Fsp3) is 0.188. The molecule has 2 rings (SSSR count). The summed E-state index contributed by atoms with van der Waals surface area (Å²) in [6.45, 7) is 0.230. The van der Waals surface area contributed by atoms with Crippen molar-refractivity contribution >= 4 is 23.5 Å². The number of nitrogens with one attached hydrogen (secondary N) is 1. The Morgan fingerprint density at radius 1 is 1.27 bits per heavy atom. The summed E-state index contributed by atoms with van der Waals surface area (Å²) in [6, 6.07) is 10.3. The molecule has 0 unspecified atom stereocenters. The van der Waals surface area contributed by atoms with Crippen molar-refractivity contribution in [2.45, 2.75) is 13.0 Å². The number of carbonyl (C=O) groups is 2. The minimum absolute atomic E-state index is 0.168. The van der Waals surface area contributed by atoms with Crippen LogP contribution in [0.2, 0.25) is 5.02 Å². The molecule has 0 fully saturated rings. The van der Waals surface area contributed by atoms with Crippen molar-refractivity contribution in [3.8, 4) is 0 Å². The molecule has 0 saturated carbocycles. The monoisotopic (exact) mass is 318 g/mol. The highest BCUT2D eigenvalue weighted by atomic mass is 35.5. The number of benzene rings is 1. The lowest BCUT2D eigenvalue weighted by Gasteiger charge is -2.07. The van der Waals surface area contributed by atoms with Gasteiger partial charge in [0.05, 0.1) is 31.3 Å². The molecule has 5 nitrogen and oxygen atoms in total. The van der Waals surface area contributed by atoms with E-state index in [1.165, 1.54) is 13.3 Å². The molecule has 0 saturated heterocycles. The molecule has 114 valence electrons. The maximum atomic E-state index is 11.9. The van der Waals surface area contributed by atoms with Gasteiger partial charge in [0.25, 0.3) is 0 Å². The van der Waals surface area contributed by atoms with Crippen molar-refractivity contribution in [3.63, 3.8) is 0 Å². The third-order valence-electron chi connectivity index (χ3n) is 3.01. The first-order valence-electron chi connectivity index (χ1n) is 6.63. The van der Waals surface area contributed by atoms with Crippen molar-refractivity contribution in [1.82, 2.24) is 10.3 Å². The molecular weight excluding hydrogens is 304 g/mol. The van der Waals surface area contributed by atoms with Gasteiger partial charge in [-0.1, -0.05) is 29.8 Å². The fourth-order valence-electron chi connectivity index (χ4n) is 1.89. The Hall–Kier alpha value is -2.40. The van der Waals surface area contributed by atoms with Gasteiger partial charge >= 0.3 is 5.97 Å². The SMILES string of the molecule is COC(=O)c1ccnc(CNC(=O)Cc2ccccc2Cl)c1. The number of carbonyl (C=O) groups excluding carboxylic acids is 2. The van der Waals surface area contributed by atoms with Gasteiger partial charge in [0.15, 0.2) is 0 Å². The molecule has 2 aromatic rings. The highest BCUT2D eigenvalue weighted by Gasteiger charge is 2.09. The third kappa shape index (κ3) is 4.30. The largest absolute Gasteiger partial charge is 0.465 e. The van der Waals surface area contributed by atoms with Crippen LogP contribution in [0.4, 0.5) is 0 Å². The predicted octanol–water partition coefficient (Wildman–Crippen LogP) is 2.38. The number of aromatic nitrogens is 1. The second-order valence-corrected chi connectivity index (χ2v) is 4.98. The molecule has 0 aliphatic rings. The van der Waals surface area contributed by atoms with Gasteiger partial charge in [0.2, 0.25) is 5.91 Å². The van der Waals surface area contributed by atoms with E-state index in [0.717, 1.165) is 5.56 Å². The van der Waals surface area contributed by atoms with Crippen LogP contribution in [0, 0.1) is 0 Å². The van der Waals surface area contributed by atoms with Crippen molar-refractivity contribution in [1.29, 1.82) is 0 Å². The van der Waals surface area contributed by atoms with Gasteiger partial charge in [-0.15, -0.1) is 0 Å². The van der Waals surface area contributed by atoms with E-state index >= 15 is 0 Å². The summed E-state index contributed by atoms with van der Waals surface area (Å²) < 4.78 is 4.64. The van der Waals surface area contributed by atoms with Crippen LogP contribution in [0.5, 0.6) is 0 Å². The molecule has 1 heterocycles. The normalized spacial score (nSPS) is 10.1. The zero-order valence-corrected chi connectivity index (χ0v) is 12.8. The van der Waals surface area contributed by atoms with Gasteiger partial charge in [0.1, 0.15) is 0 Å². The summed E-state index contributed by atoms with van der Waals surface area (Å²) in [7, 11) is 1.31. The van der Waals surface area contributed by atoms with E-state index < -0.39 is 5.97 Å². The van der Waals surface area contributed by atoms with Crippen LogP contribution in [0.1, 0.15) is 21.6 Å². The van der Waals surface area contributed by atoms with E-state index in [4.69, 9.17) is 11.6 Å². The molecule has 0 spiro atoms. The Labute approximate surface area is 133 Å². The summed E-state index contributed by atoms with van der Waals surface area (Å²) in [5.41, 5.74) is 1.74. The molecule has 1 N–H and O–H groups in total. The molecule has 1 aromatic carbocycles. The van der Waals surface area contributed by atoms with E-state index in [1.54, 1.807) is 24.3 Å². The van der Waals surface area contributed by atoms with Crippen LogP contribution < -0.4 is 5.32 Å². The van der Waals surface area contributed by atoms with E-state index in [0.29, 0.717) is 16.3 Å². The van der Waals surface area contributed by atoms with Crippen molar-refractivity contribution in [3.05, 3.63) is 64.4 Å². The zero-order valence-electron chi connectivity index (χ0n) is 12.0. The lowest BCUT2D eigenvalue weighted by Crippen LogP contribution is -2.25. The summed E-state index contributed by atoms with van der Waals surface area (Å²) in [5, 5.41) is 3.31. The van der Waals surface area contributed by atoms with Crippen molar-refractivity contribution in [2.24, 2.45) is 0 Å². The Morgan fingerprint density at radius 2 is 2.05 bits per heavy atom. The van der Waals surface area contributed by atoms with Crippen molar-refractivity contribution < 1.29 is 14.3 Å². The Balaban J connectivity index is 1.94. The van der Waals surface area contributed by atoms with Crippen LogP contribution in [-0.2, 0) is 22.5 Å². The smallest absolute Gasteiger partial charge is 0.337 e. The summed E-state index contributed by atoms with van der Waals surface area (Å²) >= 11 is 6.01. The Morgan fingerprint density at radius 3 is 2.77 bits per heavy atom. The highest BCUT2D eigenvalue weighted by molar-refractivity contribution is 6.31. The number of methoxy groups -OCH3 is 1. The lowest BCUT2D eigenvalue weighted by atomic mass is 10.1. The number of ether oxygens (including phenoxy) is 1. The molecule has 6 heteroatoms. The molecule has 22 heavy (non-hydrogen) atoms. The summed E-state index contributed by atoms with van der Waals surface area (Å²) in [4.78, 5) is 27.5. The lowest BCUT2D eigenvalue weighted by molar-refractivity contribution is -0.120. The number of pyridine rings is 1. The van der Waals surface area contributed by atoms with Gasteiger partial charge < -0.3 is 10.1 Å². The van der Waals surface area contributed by atoms with Crippen LogP contribution in [0.15, 0.2) is 42.6 Å². The Kier molecular flexibility index (Phi) is 5.49. The van der Waals surface area contributed by atoms with Gasteiger partial charge in [-0.25, -0.2) is 4.79 Å². The third-order valence-corrected chi connectivity index (χ3v) is 3.38. The van der Waals surface area contributed by atoms with E-state index in [1.807, 2.05) is 12.1 Å². The Bertz CT molecular complexity index is 689. The topological polar surface area (TPSA) is 68.3 Å². The van der Waals surface area contributed by atoms with Crippen molar-refractivity contribution in [2.75, 3.05) is 7.11 Å². The molecule has 0 bridgehead atoms. The van der Waals surface area contributed by atoms with Gasteiger partial charge in [-0.2, -0.15) is 0 Å². The predicted molar refractivity (Wildman–Crippen MR) is 82.6 cm³/mol. The first-order chi connectivity index (χ1) is 10.6. The molecular formula is C16H15ClN2O3. The molecule has 0 aliphatic carbocycles. The number of hydrogen-bond donors (Lipinski definition) is 1. The summed E-state index contributed by atoms with van der Waals surface area (Å²) in [5.74, 6) is -0.607. The van der Waals surface area contributed by atoms with Gasteiger partial charge in [0, 0.05) is 11.2 Å². The molecule has 1 amide bonds. The number of esters is 1. The number of nitrogens with zero attached hydrogens (tertiary/aromatic N) is 1. The average molecular weight is 319 g/mol. The van der Waals surface area contributed by atoms with Crippen LogP contribution in [0.25, 0.3) is 0 Å². The van der Waals surface area contributed by atoms with Crippen LogP contribution in [-0.4, -0.2) is 24.0 Å². The summed E-state index contributed by atoms with van der Waals surface area (Å²) in [6.07, 6.45) is 1.69. The highest BCUT2D eigenvalue weighted by Crippen LogP contribution is 2.15. The minimum Gasteiger partial charge on any atom is -0.465 e. The molecule has 0 aliphatic heterocycles. The quantitative estimate of drug-likeness (QED) is 0.859. The second-order valence-electron chi connectivity index (χ2n) is 4.57. The molecule has 0 atom stereocenters. The van der Waals surface area contributed by atoms with E-state index in [9.17, 15) is 9.59 Å². The van der Waals surface area contributed by atoms with E-state index in [2.05, 4.69) is 15.0 Å². The van der Waals surface area contributed by atoms with Gasteiger partial charge in [-0.3, -0.25) is 9.78 Å². The first kappa shape index (κ1) is 16.0. The van der Waals surface area contributed by atoms with Gasteiger partial charge in [-0.05, 0) is 23.8 Å². The molecule has 0 radical (unpaired) electrons. The number of rotatable bonds is 5. The average Bonchev–Trinajstić information content (AvgIpc) is 2.54. The second kappa shape index (κ2) is 7.56. The minimum atomic E-state index is -0.439. The number of amides is 1. The fourth-order valence-corrected chi connectivity index (χ4v) is 2.09. The number of hydrogen-bond acceptors (Lipinski definition) is 4.